The second-order valence-electron chi connectivity index (χ2n) is 3.81. The third-order valence-electron chi connectivity index (χ3n) is 2.56. The maximum absolute atomic E-state index is 12.7. The second-order valence-corrected chi connectivity index (χ2v) is 3.81. The molecule has 1 rings (SSSR count). The lowest BCUT2D eigenvalue weighted by Gasteiger charge is -2.22. The normalized spacial score (nSPS) is 14.9. The third kappa shape index (κ3) is 3.25. The molecule has 0 aliphatic rings. The molecule has 84 valence electrons. The molecule has 0 bridgehead atoms. The van der Waals surface area contributed by atoms with Crippen LogP contribution in [0.25, 0.3) is 0 Å². The summed E-state index contributed by atoms with van der Waals surface area (Å²) in [6.45, 7) is 4.24. The predicted molar refractivity (Wildman–Crippen MR) is 58.3 cm³/mol. The summed E-state index contributed by atoms with van der Waals surface area (Å²) in [4.78, 5) is 4.04. The van der Waals surface area contributed by atoms with Crippen molar-refractivity contribution in [2.75, 3.05) is 0 Å². The van der Waals surface area contributed by atoms with Gasteiger partial charge >= 0.3 is 0 Å². The van der Waals surface area contributed by atoms with Crippen molar-refractivity contribution in [2.24, 2.45) is 11.8 Å². The fraction of sp³-hybridized carbons (Fsp3) is 0.545. The lowest BCUT2D eigenvalue weighted by Crippen LogP contribution is -2.33. The molecule has 0 aliphatic heterocycles. The highest BCUT2D eigenvalue weighted by Gasteiger charge is 2.18. The van der Waals surface area contributed by atoms with E-state index >= 15 is 0 Å². The third-order valence-corrected chi connectivity index (χ3v) is 2.56. The summed E-state index contributed by atoms with van der Waals surface area (Å²) < 4.78 is 12.7. The predicted octanol–water partition coefficient (Wildman–Crippen LogP) is 2.16. The van der Waals surface area contributed by atoms with Gasteiger partial charge in [0, 0.05) is 0 Å². The highest BCUT2D eigenvalue weighted by Crippen LogP contribution is 2.23. The van der Waals surface area contributed by atoms with Gasteiger partial charge in [-0.05, 0) is 24.5 Å². The van der Waals surface area contributed by atoms with Crippen molar-refractivity contribution in [2.45, 2.75) is 32.7 Å². The highest BCUT2D eigenvalue weighted by molar-refractivity contribution is 5.10. The summed E-state index contributed by atoms with van der Waals surface area (Å²) in [6, 6.07) is 3.07. The summed E-state index contributed by atoms with van der Waals surface area (Å²) >= 11 is 0. The number of aromatic nitrogens is 1. The standard InChI is InChI=1S/C11H18FN3/c1-3-4-8(2)11(15-13)10-6-5-9(12)7-14-10/h5-8,11,15H,3-4,13H2,1-2H3. The van der Waals surface area contributed by atoms with E-state index in [1.807, 2.05) is 0 Å². The first kappa shape index (κ1) is 12.1. The zero-order valence-electron chi connectivity index (χ0n) is 9.20. The van der Waals surface area contributed by atoms with Crippen LogP contribution in [0.15, 0.2) is 18.3 Å². The number of nitrogens with two attached hydrogens (primary N) is 1. The fourth-order valence-electron chi connectivity index (χ4n) is 1.73. The molecule has 0 amide bonds. The minimum atomic E-state index is -0.322. The largest absolute Gasteiger partial charge is 0.271 e. The van der Waals surface area contributed by atoms with Crippen LogP contribution in [-0.4, -0.2) is 4.98 Å². The number of halogens is 1. The zero-order valence-corrected chi connectivity index (χ0v) is 9.20. The van der Waals surface area contributed by atoms with Crippen molar-refractivity contribution < 1.29 is 4.39 Å². The molecule has 0 fully saturated rings. The first-order valence-electron chi connectivity index (χ1n) is 5.26. The summed E-state index contributed by atoms with van der Waals surface area (Å²) in [7, 11) is 0. The fourth-order valence-corrected chi connectivity index (χ4v) is 1.73. The molecule has 4 heteroatoms. The van der Waals surface area contributed by atoms with Gasteiger partial charge in [-0.1, -0.05) is 20.3 Å². The summed E-state index contributed by atoms with van der Waals surface area (Å²) in [5, 5.41) is 0. The molecule has 0 aromatic carbocycles. The zero-order chi connectivity index (χ0) is 11.3. The molecule has 2 unspecified atom stereocenters. The van der Waals surface area contributed by atoms with Crippen molar-refractivity contribution in [3.8, 4) is 0 Å². The Bertz CT molecular complexity index is 286. The van der Waals surface area contributed by atoms with Crippen LogP contribution in [0.1, 0.15) is 38.4 Å². The van der Waals surface area contributed by atoms with Crippen molar-refractivity contribution in [1.29, 1.82) is 0 Å². The van der Waals surface area contributed by atoms with E-state index in [1.165, 1.54) is 12.3 Å². The van der Waals surface area contributed by atoms with Gasteiger partial charge in [-0.25, -0.2) is 4.39 Å². The van der Waals surface area contributed by atoms with Gasteiger partial charge < -0.3 is 0 Å². The number of hydrogen-bond donors (Lipinski definition) is 2. The molecule has 1 aromatic rings. The monoisotopic (exact) mass is 211 g/mol. The van der Waals surface area contributed by atoms with E-state index in [-0.39, 0.29) is 11.9 Å². The van der Waals surface area contributed by atoms with Gasteiger partial charge in [0.15, 0.2) is 0 Å². The van der Waals surface area contributed by atoms with E-state index in [4.69, 9.17) is 5.84 Å². The number of hydrogen-bond acceptors (Lipinski definition) is 3. The minimum Gasteiger partial charge on any atom is -0.271 e. The van der Waals surface area contributed by atoms with E-state index in [2.05, 4.69) is 24.3 Å². The number of nitrogens with one attached hydrogen (secondary N) is 1. The highest BCUT2D eigenvalue weighted by atomic mass is 19.1. The molecule has 3 nitrogen and oxygen atoms in total. The van der Waals surface area contributed by atoms with Gasteiger partial charge in [0.05, 0.1) is 17.9 Å². The minimum absolute atomic E-state index is 0.00875. The molecule has 0 saturated carbocycles. The Hall–Kier alpha value is -1.00. The maximum Gasteiger partial charge on any atom is 0.141 e. The van der Waals surface area contributed by atoms with Crippen molar-refractivity contribution in [3.05, 3.63) is 29.8 Å². The van der Waals surface area contributed by atoms with Crippen molar-refractivity contribution >= 4 is 0 Å². The van der Waals surface area contributed by atoms with Crippen molar-refractivity contribution in [1.82, 2.24) is 10.4 Å². The van der Waals surface area contributed by atoms with E-state index < -0.39 is 0 Å². The van der Waals surface area contributed by atoms with Gasteiger partial charge in [-0.15, -0.1) is 0 Å². The molecule has 3 N–H and O–H groups in total. The topological polar surface area (TPSA) is 50.9 Å². The first-order valence-corrected chi connectivity index (χ1v) is 5.26. The Kier molecular flexibility index (Phi) is 4.65. The van der Waals surface area contributed by atoms with Gasteiger partial charge in [0.25, 0.3) is 0 Å². The molecule has 2 atom stereocenters. The van der Waals surface area contributed by atoms with Gasteiger partial charge in [-0.2, -0.15) is 0 Å². The van der Waals surface area contributed by atoms with Gasteiger partial charge in [-0.3, -0.25) is 16.3 Å². The van der Waals surface area contributed by atoms with Crippen LogP contribution in [0.5, 0.6) is 0 Å². The Morgan fingerprint density at radius 3 is 2.73 bits per heavy atom. The number of rotatable bonds is 5. The maximum atomic E-state index is 12.7. The van der Waals surface area contributed by atoms with E-state index in [9.17, 15) is 4.39 Å². The summed E-state index contributed by atoms with van der Waals surface area (Å²) in [5.41, 5.74) is 3.53. The molecule has 15 heavy (non-hydrogen) atoms. The molecule has 1 heterocycles. The molecule has 0 saturated heterocycles. The molecular weight excluding hydrogens is 193 g/mol. The smallest absolute Gasteiger partial charge is 0.141 e. The Labute approximate surface area is 89.9 Å². The van der Waals surface area contributed by atoms with Crippen LogP contribution < -0.4 is 11.3 Å². The molecule has 0 aliphatic carbocycles. The van der Waals surface area contributed by atoms with E-state index in [0.717, 1.165) is 18.5 Å². The van der Waals surface area contributed by atoms with Crippen LogP contribution in [0, 0.1) is 11.7 Å². The van der Waals surface area contributed by atoms with Crippen LogP contribution in [0.4, 0.5) is 4.39 Å². The summed E-state index contributed by atoms with van der Waals surface area (Å²) in [5.74, 6) is 5.56. The lowest BCUT2D eigenvalue weighted by atomic mass is 9.94. The Balaban J connectivity index is 2.77. The quantitative estimate of drug-likeness (QED) is 0.579. The molecular formula is C11H18FN3. The average Bonchev–Trinajstić information content (AvgIpc) is 2.22. The average molecular weight is 211 g/mol. The number of nitrogens with zero attached hydrogens (tertiary/aromatic N) is 1. The Morgan fingerprint density at radius 2 is 2.27 bits per heavy atom. The first-order chi connectivity index (χ1) is 7.19. The molecule has 0 spiro atoms. The van der Waals surface area contributed by atoms with Gasteiger partial charge in [0.2, 0.25) is 0 Å². The number of hydrazine groups is 1. The van der Waals surface area contributed by atoms with E-state index in [0.29, 0.717) is 5.92 Å². The summed E-state index contributed by atoms with van der Waals surface area (Å²) in [6.07, 6.45) is 3.38. The molecule has 1 aromatic heterocycles. The van der Waals surface area contributed by atoms with Gasteiger partial charge in [0.1, 0.15) is 5.82 Å². The lowest BCUT2D eigenvalue weighted by molar-refractivity contribution is 0.361. The van der Waals surface area contributed by atoms with Crippen LogP contribution in [0.3, 0.4) is 0 Å². The van der Waals surface area contributed by atoms with Crippen molar-refractivity contribution in [3.63, 3.8) is 0 Å². The van der Waals surface area contributed by atoms with Crippen LogP contribution >= 0.6 is 0 Å². The van der Waals surface area contributed by atoms with Crippen LogP contribution in [0.2, 0.25) is 0 Å². The molecule has 0 radical (unpaired) electrons. The second kappa shape index (κ2) is 5.78. The number of pyridine rings is 1. The van der Waals surface area contributed by atoms with E-state index in [1.54, 1.807) is 6.07 Å². The van der Waals surface area contributed by atoms with Crippen LogP contribution in [-0.2, 0) is 0 Å². The SMILES string of the molecule is CCCC(C)C(NN)c1ccc(F)cn1. The Morgan fingerprint density at radius 1 is 1.53 bits per heavy atom.